The zero-order valence-corrected chi connectivity index (χ0v) is 9.69. The van der Waals surface area contributed by atoms with Crippen LogP contribution in [0.5, 0.6) is 0 Å². The first-order valence-electron chi connectivity index (χ1n) is 4.78. The fraction of sp³-hybridized carbons (Fsp3) is 1.00. The summed E-state index contributed by atoms with van der Waals surface area (Å²) < 4.78 is 10.5. The molecule has 13 heavy (non-hydrogen) atoms. The van der Waals surface area contributed by atoms with Crippen LogP contribution >= 0.6 is 11.6 Å². The van der Waals surface area contributed by atoms with Crippen molar-refractivity contribution in [3.63, 3.8) is 0 Å². The summed E-state index contributed by atoms with van der Waals surface area (Å²) in [7, 11) is 0. The predicted octanol–water partition coefficient (Wildman–Crippen LogP) is 2.69. The molecule has 0 unspecified atom stereocenters. The van der Waals surface area contributed by atoms with Crippen molar-refractivity contribution < 1.29 is 9.47 Å². The Hall–Kier alpha value is 0.210. The maximum Gasteiger partial charge on any atom is 0.0701 e. The third-order valence-electron chi connectivity index (χ3n) is 1.59. The number of alkyl halides is 1. The van der Waals surface area contributed by atoms with Gasteiger partial charge in [0.15, 0.2) is 0 Å². The molecule has 0 bridgehead atoms. The minimum atomic E-state index is 0.358. The van der Waals surface area contributed by atoms with E-state index in [1.54, 1.807) is 0 Å². The van der Waals surface area contributed by atoms with E-state index in [9.17, 15) is 0 Å². The highest BCUT2D eigenvalue weighted by atomic mass is 35.5. The van der Waals surface area contributed by atoms with Crippen molar-refractivity contribution in [2.45, 2.75) is 27.2 Å². The summed E-state index contributed by atoms with van der Waals surface area (Å²) in [5.41, 5.74) is 0.358. The van der Waals surface area contributed by atoms with Crippen LogP contribution in [0.2, 0.25) is 0 Å². The van der Waals surface area contributed by atoms with E-state index >= 15 is 0 Å². The summed E-state index contributed by atoms with van der Waals surface area (Å²) >= 11 is 5.44. The van der Waals surface area contributed by atoms with Gasteiger partial charge in [-0.05, 0) is 11.8 Å². The molecule has 0 N–H and O–H groups in total. The summed E-state index contributed by atoms with van der Waals surface area (Å²) in [6.07, 6.45) is 1.09. The Bertz CT molecular complexity index is 110. The van der Waals surface area contributed by atoms with E-state index in [0.717, 1.165) is 13.0 Å². The van der Waals surface area contributed by atoms with E-state index in [4.69, 9.17) is 21.1 Å². The van der Waals surface area contributed by atoms with Crippen molar-refractivity contribution in [1.82, 2.24) is 0 Å². The highest BCUT2D eigenvalue weighted by Crippen LogP contribution is 2.17. The molecule has 80 valence electrons. The second kappa shape index (κ2) is 7.60. The minimum absolute atomic E-state index is 0.358. The molecule has 0 rings (SSSR count). The highest BCUT2D eigenvalue weighted by Gasteiger charge is 2.08. The number of ether oxygens (including phenoxy) is 2. The Kier molecular flexibility index (Phi) is 7.72. The summed E-state index contributed by atoms with van der Waals surface area (Å²) in [6.45, 7) is 9.38. The van der Waals surface area contributed by atoms with E-state index in [1.165, 1.54) is 0 Å². The van der Waals surface area contributed by atoms with E-state index in [2.05, 4.69) is 20.8 Å². The Morgan fingerprint density at radius 1 is 0.923 bits per heavy atom. The van der Waals surface area contributed by atoms with Crippen LogP contribution in [0, 0.1) is 5.41 Å². The van der Waals surface area contributed by atoms with Gasteiger partial charge in [-0.15, -0.1) is 11.6 Å². The topological polar surface area (TPSA) is 18.5 Å². The minimum Gasteiger partial charge on any atom is -0.379 e. The number of rotatable bonds is 7. The molecule has 0 atom stereocenters. The Labute approximate surface area is 86.6 Å². The van der Waals surface area contributed by atoms with Crippen molar-refractivity contribution >= 4 is 11.6 Å². The molecule has 3 heteroatoms. The average Bonchev–Trinajstić information content (AvgIpc) is 2.01. The molecule has 0 aromatic rings. The maximum atomic E-state index is 5.44. The first kappa shape index (κ1) is 13.2. The molecular formula is C10H21ClO2. The monoisotopic (exact) mass is 208 g/mol. The van der Waals surface area contributed by atoms with Gasteiger partial charge in [0.05, 0.1) is 19.8 Å². The highest BCUT2D eigenvalue weighted by molar-refractivity contribution is 6.17. The number of hydrogen-bond acceptors (Lipinski definition) is 2. The fourth-order valence-corrected chi connectivity index (χ4v) is 0.864. The van der Waals surface area contributed by atoms with Crippen molar-refractivity contribution in [2.75, 3.05) is 32.3 Å². The zero-order valence-electron chi connectivity index (χ0n) is 8.94. The molecule has 0 amide bonds. The fourth-order valence-electron chi connectivity index (χ4n) is 0.755. The molecule has 0 aliphatic heterocycles. The van der Waals surface area contributed by atoms with Crippen LogP contribution in [0.4, 0.5) is 0 Å². The van der Waals surface area contributed by atoms with Gasteiger partial charge < -0.3 is 9.47 Å². The molecule has 0 aromatic heterocycles. The van der Waals surface area contributed by atoms with Crippen molar-refractivity contribution in [3.8, 4) is 0 Å². The Morgan fingerprint density at radius 3 is 1.92 bits per heavy atom. The molecule has 0 radical (unpaired) electrons. The van der Waals surface area contributed by atoms with Crippen LogP contribution in [-0.2, 0) is 9.47 Å². The van der Waals surface area contributed by atoms with Crippen molar-refractivity contribution in [3.05, 3.63) is 0 Å². The molecule has 0 aliphatic rings. The molecule has 0 fully saturated rings. The first-order valence-corrected chi connectivity index (χ1v) is 5.31. The summed E-state index contributed by atoms with van der Waals surface area (Å²) in [4.78, 5) is 0. The lowest BCUT2D eigenvalue weighted by atomic mass is 9.93. The molecule has 0 heterocycles. The van der Waals surface area contributed by atoms with Crippen LogP contribution in [-0.4, -0.2) is 32.3 Å². The Morgan fingerprint density at radius 2 is 1.46 bits per heavy atom. The van der Waals surface area contributed by atoms with Crippen molar-refractivity contribution in [1.29, 1.82) is 0 Å². The van der Waals surface area contributed by atoms with Gasteiger partial charge >= 0.3 is 0 Å². The molecule has 0 spiro atoms. The van der Waals surface area contributed by atoms with Crippen molar-refractivity contribution in [2.24, 2.45) is 5.41 Å². The molecule has 0 saturated heterocycles. The van der Waals surface area contributed by atoms with Gasteiger partial charge in [-0.2, -0.15) is 0 Å². The van der Waals surface area contributed by atoms with E-state index in [-0.39, 0.29) is 0 Å². The maximum absolute atomic E-state index is 5.44. The van der Waals surface area contributed by atoms with Crippen LogP contribution in [0.15, 0.2) is 0 Å². The normalized spacial score (nSPS) is 12.0. The van der Waals surface area contributed by atoms with Gasteiger partial charge in [-0.1, -0.05) is 20.8 Å². The van der Waals surface area contributed by atoms with E-state index in [1.807, 2.05) is 0 Å². The summed E-state index contributed by atoms with van der Waals surface area (Å²) in [5, 5.41) is 0. The van der Waals surface area contributed by atoms with Gasteiger partial charge in [0.25, 0.3) is 0 Å². The summed E-state index contributed by atoms with van der Waals surface area (Å²) in [5.74, 6) is 0.558. The van der Waals surface area contributed by atoms with Gasteiger partial charge in [0, 0.05) is 12.5 Å². The van der Waals surface area contributed by atoms with Gasteiger partial charge in [-0.25, -0.2) is 0 Å². The summed E-state index contributed by atoms with van der Waals surface area (Å²) in [6, 6.07) is 0. The molecule has 0 saturated carbocycles. The lowest BCUT2D eigenvalue weighted by Crippen LogP contribution is -2.12. The zero-order chi connectivity index (χ0) is 10.2. The third kappa shape index (κ3) is 12.2. The smallest absolute Gasteiger partial charge is 0.0701 e. The SMILES string of the molecule is CC(C)(C)CCOCCOCCCl. The van der Waals surface area contributed by atoms with Crippen LogP contribution in [0.1, 0.15) is 27.2 Å². The molecular weight excluding hydrogens is 188 g/mol. The molecule has 0 aliphatic carbocycles. The van der Waals surface area contributed by atoms with Gasteiger partial charge in [0.1, 0.15) is 0 Å². The molecule has 0 aromatic carbocycles. The van der Waals surface area contributed by atoms with Gasteiger partial charge in [-0.3, -0.25) is 0 Å². The van der Waals surface area contributed by atoms with Crippen LogP contribution < -0.4 is 0 Å². The van der Waals surface area contributed by atoms with E-state index in [0.29, 0.717) is 31.1 Å². The molecule has 2 nitrogen and oxygen atoms in total. The third-order valence-corrected chi connectivity index (χ3v) is 1.74. The van der Waals surface area contributed by atoms with E-state index < -0.39 is 0 Å². The van der Waals surface area contributed by atoms with Gasteiger partial charge in [0.2, 0.25) is 0 Å². The number of hydrogen-bond donors (Lipinski definition) is 0. The second-order valence-electron chi connectivity index (χ2n) is 4.22. The first-order chi connectivity index (χ1) is 6.06. The van der Waals surface area contributed by atoms with Crippen LogP contribution in [0.3, 0.4) is 0 Å². The largest absolute Gasteiger partial charge is 0.379 e. The van der Waals surface area contributed by atoms with Crippen LogP contribution in [0.25, 0.3) is 0 Å². The predicted molar refractivity (Wildman–Crippen MR) is 56.4 cm³/mol. The Balaban J connectivity index is 3.00. The number of halogens is 1. The second-order valence-corrected chi connectivity index (χ2v) is 4.60. The lowest BCUT2D eigenvalue weighted by Gasteiger charge is -2.17. The average molecular weight is 209 g/mol. The lowest BCUT2D eigenvalue weighted by molar-refractivity contribution is 0.0437. The standard InChI is InChI=1S/C10H21ClO2/c1-10(2,3)4-6-12-8-9-13-7-5-11/h4-9H2,1-3H3. The quantitative estimate of drug-likeness (QED) is 0.473.